The normalized spacial score (nSPS) is 10.4. The van der Waals surface area contributed by atoms with Crippen LogP contribution in [0.15, 0.2) is 72.8 Å². The second-order valence-electron chi connectivity index (χ2n) is 6.02. The van der Waals surface area contributed by atoms with Gasteiger partial charge >= 0.3 is 0 Å². The summed E-state index contributed by atoms with van der Waals surface area (Å²) in [5.41, 5.74) is 7.73. The van der Waals surface area contributed by atoms with Crippen molar-refractivity contribution < 1.29 is 13.6 Å². The Bertz CT molecular complexity index is 879. The van der Waals surface area contributed by atoms with Crippen LogP contribution in [0.5, 0.6) is 0 Å². The fourth-order valence-corrected chi connectivity index (χ4v) is 2.55. The zero-order chi connectivity index (χ0) is 19.1. The number of amides is 1. The molecule has 0 saturated carbocycles. The van der Waals surface area contributed by atoms with Gasteiger partial charge in [0, 0.05) is 24.7 Å². The second kappa shape index (κ2) is 8.91. The maximum Gasteiger partial charge on any atom is 0.269 e. The maximum absolute atomic E-state index is 13.1. The number of anilines is 1. The predicted molar refractivity (Wildman–Crippen MR) is 101 cm³/mol. The van der Waals surface area contributed by atoms with Gasteiger partial charge in [0.1, 0.15) is 11.6 Å². The van der Waals surface area contributed by atoms with Gasteiger partial charge in [0.2, 0.25) is 0 Å². The molecule has 0 bridgehead atoms. The van der Waals surface area contributed by atoms with E-state index in [2.05, 4.69) is 28.3 Å². The summed E-state index contributed by atoms with van der Waals surface area (Å²) in [6.45, 7) is 1.44. The average molecular weight is 367 g/mol. The Labute approximate surface area is 156 Å². The third-order valence-electron chi connectivity index (χ3n) is 3.90. The first-order valence-corrected chi connectivity index (χ1v) is 8.46. The molecular weight excluding hydrogens is 348 g/mol. The summed E-state index contributed by atoms with van der Waals surface area (Å²) in [5, 5.41) is 3.34. The molecule has 27 heavy (non-hydrogen) atoms. The molecule has 3 N–H and O–H groups in total. The number of rotatable bonds is 7. The van der Waals surface area contributed by atoms with Gasteiger partial charge in [-0.25, -0.2) is 8.78 Å². The molecule has 138 valence electrons. The Morgan fingerprint density at radius 2 is 1.37 bits per heavy atom. The highest BCUT2D eigenvalue weighted by molar-refractivity contribution is 5.94. The predicted octanol–water partition coefficient (Wildman–Crippen LogP) is 4.01. The maximum atomic E-state index is 13.1. The molecule has 0 spiro atoms. The van der Waals surface area contributed by atoms with Crippen LogP contribution in [-0.2, 0) is 13.1 Å². The quantitative estimate of drug-likeness (QED) is 0.553. The van der Waals surface area contributed by atoms with Crippen molar-refractivity contribution in [1.82, 2.24) is 10.7 Å². The van der Waals surface area contributed by atoms with Gasteiger partial charge < -0.3 is 5.32 Å². The largest absolute Gasteiger partial charge is 0.309 e. The molecule has 1 amide bonds. The topological polar surface area (TPSA) is 53.2 Å². The van der Waals surface area contributed by atoms with Gasteiger partial charge in [0.05, 0.1) is 5.69 Å². The lowest BCUT2D eigenvalue weighted by Gasteiger charge is -2.10. The number of benzene rings is 3. The van der Waals surface area contributed by atoms with E-state index < -0.39 is 17.5 Å². The van der Waals surface area contributed by atoms with Gasteiger partial charge in [-0.2, -0.15) is 0 Å². The molecule has 0 unspecified atom stereocenters. The highest BCUT2D eigenvalue weighted by Gasteiger charge is 2.06. The molecule has 3 aromatic carbocycles. The van der Waals surface area contributed by atoms with Crippen molar-refractivity contribution in [2.45, 2.75) is 13.1 Å². The monoisotopic (exact) mass is 367 g/mol. The van der Waals surface area contributed by atoms with E-state index in [1.807, 2.05) is 30.3 Å². The third-order valence-corrected chi connectivity index (χ3v) is 3.90. The number of hydrogen-bond acceptors (Lipinski definition) is 3. The number of hydrogen-bond donors (Lipinski definition) is 3. The van der Waals surface area contributed by atoms with Crippen LogP contribution < -0.4 is 16.2 Å². The van der Waals surface area contributed by atoms with Crippen LogP contribution in [0, 0.1) is 11.6 Å². The summed E-state index contributed by atoms with van der Waals surface area (Å²) < 4.78 is 26.3. The van der Waals surface area contributed by atoms with Crippen LogP contribution in [0.2, 0.25) is 0 Å². The van der Waals surface area contributed by atoms with Gasteiger partial charge in [-0.05, 0) is 35.4 Å². The average Bonchev–Trinajstić information content (AvgIpc) is 2.67. The van der Waals surface area contributed by atoms with E-state index in [0.29, 0.717) is 12.1 Å². The number of carbonyl (C=O) groups excluding carboxylic acids is 1. The molecule has 0 aromatic heterocycles. The summed E-state index contributed by atoms with van der Waals surface area (Å²) in [4.78, 5) is 12.1. The summed E-state index contributed by atoms with van der Waals surface area (Å²) >= 11 is 0. The molecule has 0 fully saturated rings. The van der Waals surface area contributed by atoms with Crippen LogP contribution in [0.25, 0.3) is 0 Å². The van der Waals surface area contributed by atoms with Crippen molar-refractivity contribution in [3.8, 4) is 0 Å². The first-order valence-electron chi connectivity index (χ1n) is 8.46. The molecule has 0 radical (unpaired) electrons. The molecule has 0 aliphatic carbocycles. The first-order chi connectivity index (χ1) is 13.1. The Hall–Kier alpha value is -3.25. The summed E-state index contributed by atoms with van der Waals surface area (Å²) in [6, 6.07) is 20.1. The highest BCUT2D eigenvalue weighted by Crippen LogP contribution is 2.12. The van der Waals surface area contributed by atoms with Crippen LogP contribution >= 0.6 is 0 Å². The molecule has 0 heterocycles. The molecule has 0 aliphatic rings. The highest BCUT2D eigenvalue weighted by atomic mass is 19.1. The molecule has 6 heteroatoms. The van der Waals surface area contributed by atoms with Gasteiger partial charge in [-0.3, -0.25) is 15.6 Å². The Morgan fingerprint density at radius 1 is 0.778 bits per heavy atom. The third kappa shape index (κ3) is 5.62. The van der Waals surface area contributed by atoms with E-state index in [-0.39, 0.29) is 5.69 Å². The van der Waals surface area contributed by atoms with Crippen molar-refractivity contribution in [3.63, 3.8) is 0 Å². The molecule has 0 atom stereocenters. The van der Waals surface area contributed by atoms with E-state index in [4.69, 9.17) is 0 Å². The minimum Gasteiger partial charge on any atom is -0.309 e. The van der Waals surface area contributed by atoms with E-state index >= 15 is 0 Å². The molecule has 3 aromatic rings. The van der Waals surface area contributed by atoms with Crippen LogP contribution in [0.3, 0.4) is 0 Å². The van der Waals surface area contributed by atoms with Crippen molar-refractivity contribution in [3.05, 3.63) is 101 Å². The van der Waals surface area contributed by atoms with Gasteiger partial charge in [-0.1, -0.05) is 42.5 Å². The molecular formula is C21H19F2N3O. The fraction of sp³-hybridized carbons (Fsp3) is 0.0952. The standard InChI is InChI=1S/C21H19F2N3O/c22-18-10-19(23)12-20(11-18)25-26-21(27)17-8-6-16(7-9-17)14-24-13-15-4-2-1-3-5-15/h1-12,24-25H,13-14H2,(H,26,27). The number of hydrazine groups is 1. The van der Waals surface area contributed by atoms with Crippen molar-refractivity contribution in [1.29, 1.82) is 0 Å². The van der Waals surface area contributed by atoms with E-state index in [9.17, 15) is 13.6 Å². The van der Waals surface area contributed by atoms with Crippen molar-refractivity contribution >= 4 is 11.6 Å². The summed E-state index contributed by atoms with van der Waals surface area (Å²) in [7, 11) is 0. The van der Waals surface area contributed by atoms with Crippen LogP contribution in [0.4, 0.5) is 14.5 Å². The molecule has 3 rings (SSSR count). The SMILES string of the molecule is O=C(NNc1cc(F)cc(F)c1)c1ccc(CNCc2ccccc2)cc1. The number of halogens is 2. The van der Waals surface area contributed by atoms with Crippen molar-refractivity contribution in [2.24, 2.45) is 0 Å². The number of nitrogens with one attached hydrogen (secondary N) is 3. The van der Waals surface area contributed by atoms with Crippen molar-refractivity contribution in [2.75, 3.05) is 5.43 Å². The summed E-state index contributed by atoms with van der Waals surface area (Å²) in [6.07, 6.45) is 0. The molecule has 4 nitrogen and oxygen atoms in total. The minimum atomic E-state index is -0.723. The fourth-order valence-electron chi connectivity index (χ4n) is 2.55. The summed E-state index contributed by atoms with van der Waals surface area (Å²) in [5.74, 6) is -1.85. The smallest absolute Gasteiger partial charge is 0.269 e. The van der Waals surface area contributed by atoms with Crippen LogP contribution in [0.1, 0.15) is 21.5 Å². The van der Waals surface area contributed by atoms with Gasteiger partial charge in [0.25, 0.3) is 5.91 Å². The zero-order valence-electron chi connectivity index (χ0n) is 14.5. The zero-order valence-corrected chi connectivity index (χ0v) is 14.5. The Kier molecular flexibility index (Phi) is 6.12. The van der Waals surface area contributed by atoms with Gasteiger partial charge in [0.15, 0.2) is 0 Å². The lowest BCUT2D eigenvalue weighted by Crippen LogP contribution is -2.29. The van der Waals surface area contributed by atoms with E-state index in [0.717, 1.165) is 30.3 Å². The molecule has 0 saturated heterocycles. The lowest BCUT2D eigenvalue weighted by molar-refractivity contribution is 0.0962. The lowest BCUT2D eigenvalue weighted by atomic mass is 10.1. The van der Waals surface area contributed by atoms with Crippen LogP contribution in [-0.4, -0.2) is 5.91 Å². The van der Waals surface area contributed by atoms with E-state index in [1.54, 1.807) is 12.1 Å². The van der Waals surface area contributed by atoms with Gasteiger partial charge in [-0.15, -0.1) is 0 Å². The number of carbonyl (C=O) groups is 1. The first kappa shape index (κ1) is 18.5. The Morgan fingerprint density at radius 3 is 2.00 bits per heavy atom. The van der Waals surface area contributed by atoms with E-state index in [1.165, 1.54) is 5.56 Å². The minimum absolute atomic E-state index is 0.127. The Balaban J connectivity index is 1.49. The second-order valence-corrected chi connectivity index (χ2v) is 6.02. The molecule has 0 aliphatic heterocycles.